The number of fused-ring (bicyclic) bond motifs is 1. The molecule has 0 saturated carbocycles. The van der Waals surface area contributed by atoms with Gasteiger partial charge in [0.15, 0.2) is 0 Å². The van der Waals surface area contributed by atoms with E-state index < -0.39 is 0 Å². The Labute approximate surface area is 194 Å². The van der Waals surface area contributed by atoms with Crippen molar-refractivity contribution in [2.24, 2.45) is 0 Å². The predicted octanol–water partition coefficient (Wildman–Crippen LogP) is 5.32. The lowest BCUT2D eigenvalue weighted by atomic mass is 10.0. The fourth-order valence-corrected chi connectivity index (χ4v) is 3.78. The van der Waals surface area contributed by atoms with Gasteiger partial charge in [-0.25, -0.2) is 5.10 Å². The maximum absolute atomic E-state index is 12.0. The molecule has 0 radical (unpaired) electrons. The highest BCUT2D eigenvalue weighted by Crippen LogP contribution is 2.26. The molecule has 2 aromatic carbocycles. The van der Waals surface area contributed by atoms with Crippen LogP contribution in [0.1, 0.15) is 25.0 Å². The fourth-order valence-electron chi connectivity index (χ4n) is 3.78. The highest BCUT2D eigenvalue weighted by atomic mass is 35.5. The number of hydrogen-bond acceptors (Lipinski definition) is 5. The number of hydrogen-bond donors (Lipinski definition) is 2. The van der Waals surface area contributed by atoms with Gasteiger partial charge in [-0.2, -0.15) is 5.10 Å². The molecule has 7 heteroatoms. The van der Waals surface area contributed by atoms with E-state index in [-0.39, 0.29) is 18.0 Å². The standard InChI is InChI=1S/C25H28N4O2.ClH/c1-29(18-21-11-8-16-31-21)15-6-2-5-14-26-20-10-7-9-19(17-20)24-22-12-3-4-13-23(22)25(30)28-27-24;/h3-4,7-13,16-17,26H,2,5-6,14-15,18H2,1H3,(H,28,30);1H. The minimum atomic E-state index is -0.163. The Bertz CT molecular complexity index is 1170. The van der Waals surface area contributed by atoms with Crippen LogP contribution in [-0.4, -0.2) is 35.2 Å². The van der Waals surface area contributed by atoms with Gasteiger partial charge in [-0.1, -0.05) is 36.8 Å². The van der Waals surface area contributed by atoms with Gasteiger partial charge in [0, 0.05) is 23.2 Å². The third kappa shape index (κ3) is 5.99. The third-order valence-corrected chi connectivity index (χ3v) is 5.38. The van der Waals surface area contributed by atoms with Gasteiger partial charge in [0.05, 0.1) is 23.9 Å². The number of nitrogens with one attached hydrogen (secondary N) is 2. The number of rotatable bonds is 10. The smallest absolute Gasteiger partial charge is 0.272 e. The molecule has 32 heavy (non-hydrogen) atoms. The Hall–Kier alpha value is -3.09. The van der Waals surface area contributed by atoms with Gasteiger partial charge in [-0.3, -0.25) is 9.69 Å². The third-order valence-electron chi connectivity index (χ3n) is 5.38. The summed E-state index contributed by atoms with van der Waals surface area (Å²) in [4.78, 5) is 14.3. The number of anilines is 1. The van der Waals surface area contributed by atoms with Crippen LogP contribution in [0.4, 0.5) is 5.69 Å². The van der Waals surface area contributed by atoms with Gasteiger partial charge in [0.2, 0.25) is 0 Å². The summed E-state index contributed by atoms with van der Waals surface area (Å²) < 4.78 is 5.40. The summed E-state index contributed by atoms with van der Waals surface area (Å²) in [7, 11) is 2.13. The number of aromatic amines is 1. The summed E-state index contributed by atoms with van der Waals surface area (Å²) in [5.74, 6) is 1.01. The molecule has 4 rings (SSSR count). The molecule has 0 aliphatic rings. The van der Waals surface area contributed by atoms with Gasteiger partial charge < -0.3 is 9.73 Å². The summed E-state index contributed by atoms with van der Waals surface area (Å²) in [6.07, 6.45) is 5.16. The zero-order valence-electron chi connectivity index (χ0n) is 18.2. The molecule has 6 nitrogen and oxygen atoms in total. The SMILES string of the molecule is CN(CCCCCNc1cccc(-c2n[nH]c(=O)c3ccccc23)c1)Cc1ccco1.Cl. The molecule has 0 amide bonds. The Morgan fingerprint density at radius 2 is 1.84 bits per heavy atom. The van der Waals surface area contributed by atoms with Crippen molar-refractivity contribution in [2.75, 3.05) is 25.5 Å². The zero-order chi connectivity index (χ0) is 21.5. The van der Waals surface area contributed by atoms with Crippen molar-refractivity contribution in [2.45, 2.75) is 25.8 Å². The first-order valence-electron chi connectivity index (χ1n) is 10.7. The maximum atomic E-state index is 12.0. The van der Waals surface area contributed by atoms with Gasteiger partial charge in [-0.05, 0) is 56.8 Å². The van der Waals surface area contributed by atoms with Crippen LogP contribution >= 0.6 is 12.4 Å². The van der Waals surface area contributed by atoms with E-state index >= 15 is 0 Å². The molecule has 0 aliphatic carbocycles. The molecular weight excluding hydrogens is 424 g/mol. The van der Waals surface area contributed by atoms with Crippen molar-refractivity contribution in [1.82, 2.24) is 15.1 Å². The van der Waals surface area contributed by atoms with Crippen LogP contribution in [0.15, 0.2) is 76.1 Å². The molecule has 0 fully saturated rings. The molecule has 0 unspecified atom stereocenters. The first-order valence-corrected chi connectivity index (χ1v) is 10.7. The van der Waals surface area contributed by atoms with Crippen LogP contribution in [0.2, 0.25) is 0 Å². The summed E-state index contributed by atoms with van der Waals surface area (Å²) in [5.41, 5.74) is 2.67. The maximum Gasteiger partial charge on any atom is 0.272 e. The molecule has 2 aromatic heterocycles. The molecule has 0 spiro atoms. The fraction of sp³-hybridized carbons (Fsp3) is 0.280. The second-order valence-electron chi connectivity index (χ2n) is 7.83. The molecule has 168 valence electrons. The quantitative estimate of drug-likeness (QED) is 0.318. The van der Waals surface area contributed by atoms with Crippen LogP contribution in [0, 0.1) is 0 Å². The average Bonchev–Trinajstić information content (AvgIpc) is 3.30. The lowest BCUT2D eigenvalue weighted by Gasteiger charge is -2.15. The van der Waals surface area contributed by atoms with Crippen molar-refractivity contribution in [3.8, 4) is 11.3 Å². The summed E-state index contributed by atoms with van der Waals surface area (Å²) in [5, 5.41) is 11.9. The second-order valence-corrected chi connectivity index (χ2v) is 7.83. The zero-order valence-corrected chi connectivity index (χ0v) is 19.0. The van der Waals surface area contributed by atoms with Crippen LogP contribution in [0.3, 0.4) is 0 Å². The predicted molar refractivity (Wildman–Crippen MR) is 132 cm³/mol. The first-order chi connectivity index (χ1) is 15.2. The largest absolute Gasteiger partial charge is 0.468 e. The molecule has 0 atom stereocenters. The monoisotopic (exact) mass is 452 g/mol. The summed E-state index contributed by atoms with van der Waals surface area (Å²) in [6.45, 7) is 2.83. The second kappa shape index (κ2) is 11.5. The topological polar surface area (TPSA) is 74.2 Å². The molecule has 0 bridgehead atoms. The molecule has 4 aromatic rings. The van der Waals surface area contributed by atoms with Crippen molar-refractivity contribution in [1.29, 1.82) is 0 Å². The van der Waals surface area contributed by atoms with Crippen molar-refractivity contribution < 1.29 is 4.42 Å². The van der Waals surface area contributed by atoms with Crippen LogP contribution in [0.5, 0.6) is 0 Å². The molecule has 2 heterocycles. The Kier molecular flexibility index (Phi) is 8.48. The average molecular weight is 453 g/mol. The van der Waals surface area contributed by atoms with E-state index in [0.717, 1.165) is 60.6 Å². The minimum Gasteiger partial charge on any atom is -0.468 e. The number of furan rings is 1. The van der Waals surface area contributed by atoms with Gasteiger partial charge >= 0.3 is 0 Å². The number of unbranched alkanes of at least 4 members (excludes halogenated alkanes) is 2. The van der Waals surface area contributed by atoms with E-state index in [1.807, 2.05) is 48.5 Å². The van der Waals surface area contributed by atoms with E-state index in [0.29, 0.717) is 5.39 Å². The van der Waals surface area contributed by atoms with E-state index in [9.17, 15) is 4.79 Å². The van der Waals surface area contributed by atoms with Crippen molar-refractivity contribution >= 4 is 28.9 Å². The van der Waals surface area contributed by atoms with E-state index in [1.165, 1.54) is 6.42 Å². The summed E-state index contributed by atoms with van der Waals surface area (Å²) in [6, 6.07) is 19.7. The van der Waals surface area contributed by atoms with Gasteiger partial charge in [-0.15, -0.1) is 12.4 Å². The van der Waals surface area contributed by atoms with Gasteiger partial charge in [0.1, 0.15) is 5.76 Å². The molecular formula is C25H29ClN4O2. The number of aromatic nitrogens is 2. The first kappa shape index (κ1) is 23.6. The van der Waals surface area contributed by atoms with Crippen molar-refractivity contribution in [3.05, 3.63) is 83.0 Å². The lowest BCUT2D eigenvalue weighted by molar-refractivity contribution is 0.288. The molecule has 0 saturated heterocycles. The number of H-pyrrole nitrogens is 1. The number of benzene rings is 2. The van der Waals surface area contributed by atoms with E-state index in [1.54, 1.807) is 6.26 Å². The van der Waals surface area contributed by atoms with Crippen molar-refractivity contribution in [3.63, 3.8) is 0 Å². The number of nitrogens with zero attached hydrogens (tertiary/aromatic N) is 2. The van der Waals surface area contributed by atoms with Crippen LogP contribution in [0.25, 0.3) is 22.0 Å². The number of halogens is 1. The minimum absolute atomic E-state index is 0. The Morgan fingerprint density at radius 1 is 1.00 bits per heavy atom. The molecule has 0 aliphatic heterocycles. The highest BCUT2D eigenvalue weighted by Gasteiger charge is 2.09. The molecule has 2 N–H and O–H groups in total. The normalized spacial score (nSPS) is 10.9. The van der Waals surface area contributed by atoms with Crippen LogP contribution in [-0.2, 0) is 6.54 Å². The van der Waals surface area contributed by atoms with Gasteiger partial charge in [0.25, 0.3) is 5.56 Å². The Morgan fingerprint density at radius 3 is 2.66 bits per heavy atom. The summed E-state index contributed by atoms with van der Waals surface area (Å²) >= 11 is 0. The highest BCUT2D eigenvalue weighted by molar-refractivity contribution is 5.94. The lowest BCUT2D eigenvalue weighted by Crippen LogP contribution is -2.18. The Balaban J connectivity index is 0.00000289. The van der Waals surface area contributed by atoms with E-state index in [2.05, 4.69) is 39.6 Å². The van der Waals surface area contributed by atoms with Crippen LogP contribution < -0.4 is 10.9 Å². The van der Waals surface area contributed by atoms with E-state index in [4.69, 9.17) is 4.42 Å².